The molecule has 294 valence electrons. The number of anilines is 2. The van der Waals surface area contributed by atoms with Crippen molar-refractivity contribution in [1.82, 2.24) is 19.6 Å². The third-order valence-corrected chi connectivity index (χ3v) is 9.96. The fourth-order valence-electron chi connectivity index (χ4n) is 4.72. The number of nitrogens with one attached hydrogen (secondary N) is 2. The number of hydrogen-bond donors (Lipinski definition) is 3. The van der Waals surface area contributed by atoms with E-state index in [2.05, 4.69) is 20.0 Å². The maximum atomic E-state index is 15.6. The highest BCUT2D eigenvalue weighted by molar-refractivity contribution is 7.93. The van der Waals surface area contributed by atoms with Crippen LogP contribution in [0.15, 0.2) is 41.6 Å². The molecule has 19 heteroatoms. The first-order chi connectivity index (χ1) is 24.7. The molecule has 2 aromatic carbocycles. The number of unbranched alkanes of at least 4 members (excludes halogenated alkanes) is 1. The maximum Gasteiger partial charge on any atom is 0.410 e. The van der Waals surface area contributed by atoms with Crippen molar-refractivity contribution in [3.63, 3.8) is 0 Å². The topological polar surface area (TPSA) is 182 Å². The number of alkyl carbamates (subject to hydrolysis) is 1. The lowest BCUT2D eigenvalue weighted by Gasteiger charge is -2.29. The van der Waals surface area contributed by atoms with Crippen molar-refractivity contribution in [2.24, 2.45) is 0 Å². The zero-order valence-corrected chi connectivity index (χ0v) is 33.5. The number of ether oxygens (including phenoxy) is 4. The summed E-state index contributed by atoms with van der Waals surface area (Å²) in [6, 6.07) is 6.92. The van der Waals surface area contributed by atoms with Crippen LogP contribution in [-0.4, -0.2) is 97.7 Å². The van der Waals surface area contributed by atoms with Gasteiger partial charge >= 0.3 is 12.2 Å². The van der Waals surface area contributed by atoms with Gasteiger partial charge in [0.25, 0.3) is 10.0 Å². The number of methoxy groups -OCH3 is 2. The highest BCUT2D eigenvalue weighted by Crippen LogP contribution is 2.35. The summed E-state index contributed by atoms with van der Waals surface area (Å²) >= 11 is 7.30. The van der Waals surface area contributed by atoms with Crippen molar-refractivity contribution >= 4 is 56.2 Å². The third-order valence-electron chi connectivity index (χ3n) is 7.09. The van der Waals surface area contributed by atoms with E-state index in [9.17, 15) is 23.1 Å². The molecule has 0 radical (unpaired) electrons. The number of sulfonamides is 1. The van der Waals surface area contributed by atoms with Gasteiger partial charge in [-0.05, 0) is 78.6 Å². The first-order valence-corrected chi connectivity index (χ1v) is 19.2. The molecule has 3 rings (SSSR count). The van der Waals surface area contributed by atoms with Gasteiger partial charge in [-0.2, -0.15) is 4.37 Å². The molecule has 0 aliphatic carbocycles. The molecule has 1 atom stereocenters. The Morgan fingerprint density at radius 3 is 2.34 bits per heavy atom. The van der Waals surface area contributed by atoms with Crippen molar-refractivity contribution in [2.75, 3.05) is 50.0 Å². The lowest BCUT2D eigenvalue weighted by molar-refractivity contribution is 0.0137. The number of rotatable bonds is 17. The van der Waals surface area contributed by atoms with Crippen LogP contribution in [0.25, 0.3) is 0 Å². The Balaban J connectivity index is 1.68. The van der Waals surface area contributed by atoms with Gasteiger partial charge in [0, 0.05) is 42.8 Å². The zero-order valence-electron chi connectivity index (χ0n) is 31.1. The van der Waals surface area contributed by atoms with E-state index in [-0.39, 0.29) is 48.6 Å². The van der Waals surface area contributed by atoms with Gasteiger partial charge in [-0.1, -0.05) is 11.6 Å². The molecule has 3 N–H and O–H groups in total. The molecule has 1 heterocycles. The number of amides is 2. The summed E-state index contributed by atoms with van der Waals surface area (Å²) in [7, 11) is -1.63. The van der Waals surface area contributed by atoms with E-state index < -0.39 is 50.2 Å². The van der Waals surface area contributed by atoms with Gasteiger partial charge in [-0.15, -0.1) is 0 Å². The van der Waals surface area contributed by atoms with E-state index in [0.717, 1.165) is 28.0 Å². The van der Waals surface area contributed by atoms with Crippen LogP contribution in [0.5, 0.6) is 11.5 Å². The van der Waals surface area contributed by atoms with Gasteiger partial charge in [-0.3, -0.25) is 0 Å². The molecular weight excluding hydrogens is 755 g/mol. The first-order valence-electron chi connectivity index (χ1n) is 16.6. The number of halogens is 2. The van der Waals surface area contributed by atoms with Crippen LogP contribution in [0, 0.1) is 5.82 Å². The van der Waals surface area contributed by atoms with Crippen LogP contribution in [0.4, 0.5) is 24.8 Å². The molecule has 0 saturated heterocycles. The number of benzene rings is 2. The van der Waals surface area contributed by atoms with Crippen LogP contribution in [0.3, 0.4) is 0 Å². The molecule has 15 nitrogen and oxygen atoms in total. The monoisotopic (exact) mass is 802 g/mol. The Kier molecular flexibility index (Phi) is 15.3. The molecule has 0 spiro atoms. The maximum absolute atomic E-state index is 15.6. The molecule has 53 heavy (non-hydrogen) atoms. The lowest BCUT2D eigenvalue weighted by Crippen LogP contribution is -2.45. The van der Waals surface area contributed by atoms with E-state index >= 15 is 4.39 Å². The molecule has 3 aromatic rings. The average Bonchev–Trinajstić information content (AvgIpc) is 3.59. The average molecular weight is 803 g/mol. The number of nitrogens with zero attached hydrogens (tertiary/aromatic N) is 4. The first kappa shape index (κ1) is 43.3. The Hall–Kier alpha value is -4.13. The van der Waals surface area contributed by atoms with Crippen molar-refractivity contribution in [1.29, 1.82) is 0 Å². The standard InChI is InChI=1S/C34H48ClFN6O9S2/c1-33(2,3)50-31(44)38-18-23(43)20-41(32(45)51-34(4,5)6)14-10-9-13-37-27-17-26(36)29(16-25(27)35)53(46,47)42(30-39-21-40-52-30)19-22-11-12-24(48-7)15-28(22)49-8/h11-12,15-17,21,23,37,43H,9-10,13-14,18-20H2,1-8H3,(H,38,44)/t23-/m0/s1. The summed E-state index contributed by atoms with van der Waals surface area (Å²) in [6.45, 7) is 10.3. The predicted octanol–water partition coefficient (Wildman–Crippen LogP) is 6.06. The van der Waals surface area contributed by atoms with Crippen LogP contribution in [-0.2, 0) is 26.0 Å². The van der Waals surface area contributed by atoms with E-state index in [4.69, 9.17) is 30.5 Å². The highest BCUT2D eigenvalue weighted by atomic mass is 35.5. The fourth-order valence-corrected chi connectivity index (χ4v) is 7.22. The second-order valence-electron chi connectivity index (χ2n) is 13.8. The molecule has 0 fully saturated rings. The van der Waals surface area contributed by atoms with Gasteiger partial charge < -0.3 is 39.6 Å². The Bertz CT molecular complexity index is 1790. The highest BCUT2D eigenvalue weighted by Gasteiger charge is 2.32. The van der Waals surface area contributed by atoms with Gasteiger partial charge in [0.15, 0.2) is 0 Å². The molecule has 0 aliphatic rings. The van der Waals surface area contributed by atoms with Crippen LogP contribution < -0.4 is 24.4 Å². The molecular formula is C34H48ClFN6O9S2. The number of hydrogen-bond acceptors (Lipinski definition) is 13. The number of aliphatic hydroxyl groups excluding tert-OH is 1. The Labute approximate surface area is 318 Å². The second kappa shape index (κ2) is 18.8. The minimum Gasteiger partial charge on any atom is -0.497 e. The van der Waals surface area contributed by atoms with Crippen molar-refractivity contribution < 1.29 is 46.5 Å². The van der Waals surface area contributed by atoms with Gasteiger partial charge in [0.05, 0.1) is 44.1 Å². The predicted molar refractivity (Wildman–Crippen MR) is 200 cm³/mol. The van der Waals surface area contributed by atoms with Crippen LogP contribution in [0.1, 0.15) is 59.9 Å². The zero-order chi connectivity index (χ0) is 39.6. The smallest absolute Gasteiger partial charge is 0.410 e. The quantitative estimate of drug-likeness (QED) is 0.135. The molecule has 2 amide bonds. The van der Waals surface area contributed by atoms with E-state index in [1.165, 1.54) is 25.4 Å². The summed E-state index contributed by atoms with van der Waals surface area (Å²) < 4.78 is 69.7. The van der Waals surface area contributed by atoms with Gasteiger partial charge in [-0.25, -0.2) is 31.7 Å². The third kappa shape index (κ3) is 13.3. The lowest BCUT2D eigenvalue weighted by atomic mass is 10.2. The SMILES string of the molecule is COc1ccc(CN(c2ncns2)S(=O)(=O)c2cc(Cl)c(NCCCCN(C[C@@H](O)CNC(=O)OC(C)(C)C)C(=O)OC(C)(C)C)cc2F)c(OC)c1. The van der Waals surface area contributed by atoms with Crippen molar-refractivity contribution in [3.05, 3.63) is 53.1 Å². The number of aromatic nitrogens is 2. The summed E-state index contributed by atoms with van der Waals surface area (Å²) in [6.07, 6.45) is -0.337. The largest absolute Gasteiger partial charge is 0.497 e. The summed E-state index contributed by atoms with van der Waals surface area (Å²) in [5.74, 6) is -0.188. The fraction of sp³-hybridized carbons (Fsp3) is 0.529. The Morgan fingerprint density at radius 1 is 1.04 bits per heavy atom. The molecule has 0 saturated carbocycles. The van der Waals surface area contributed by atoms with Crippen molar-refractivity contribution in [2.45, 2.75) is 83.1 Å². The molecule has 1 aromatic heterocycles. The second-order valence-corrected chi connectivity index (χ2v) is 16.8. The van der Waals surface area contributed by atoms with Gasteiger partial charge in [0.1, 0.15) is 39.7 Å². The number of carbonyl (C=O) groups excluding carboxylic acids is 2. The van der Waals surface area contributed by atoms with Gasteiger partial charge in [0.2, 0.25) is 5.13 Å². The van der Waals surface area contributed by atoms with E-state index in [1.54, 1.807) is 59.7 Å². The number of carbonyl (C=O) groups is 2. The molecule has 0 aliphatic heterocycles. The summed E-state index contributed by atoms with van der Waals surface area (Å²) in [5.41, 5.74) is -0.868. The minimum atomic E-state index is -4.55. The number of aliphatic hydroxyl groups is 1. The van der Waals surface area contributed by atoms with Crippen LogP contribution in [0.2, 0.25) is 5.02 Å². The normalized spacial score (nSPS) is 12.4. The Morgan fingerprint density at radius 2 is 1.74 bits per heavy atom. The van der Waals surface area contributed by atoms with E-state index in [1.807, 2.05) is 0 Å². The summed E-state index contributed by atoms with van der Waals surface area (Å²) in [4.78, 5) is 29.6. The minimum absolute atomic E-state index is 0.00726. The van der Waals surface area contributed by atoms with E-state index in [0.29, 0.717) is 29.9 Å². The molecule has 0 unspecified atom stereocenters. The summed E-state index contributed by atoms with van der Waals surface area (Å²) in [5, 5.41) is 16.0. The van der Waals surface area contributed by atoms with Crippen molar-refractivity contribution in [3.8, 4) is 11.5 Å². The van der Waals surface area contributed by atoms with Crippen LogP contribution >= 0.6 is 23.1 Å². The molecule has 0 bridgehead atoms.